The van der Waals surface area contributed by atoms with Gasteiger partial charge in [0.25, 0.3) is 5.69 Å². The van der Waals surface area contributed by atoms with Crippen molar-refractivity contribution in [3.63, 3.8) is 0 Å². The first-order valence-corrected chi connectivity index (χ1v) is 15.5. The zero-order valence-corrected chi connectivity index (χ0v) is 27.9. The number of hydrogen-bond donors (Lipinski definition) is 7. The number of ketones is 4. The molecule has 1 aliphatic heterocycles. The van der Waals surface area contributed by atoms with Crippen molar-refractivity contribution in [1.29, 1.82) is 0 Å². The van der Waals surface area contributed by atoms with E-state index in [1.54, 1.807) is 6.92 Å². The molecular formula is C33H32N2O17. The first kappa shape index (κ1) is 36.6. The maximum atomic E-state index is 14.6. The minimum absolute atomic E-state index is 0.466. The summed E-state index contributed by atoms with van der Waals surface area (Å²) >= 11 is 0. The van der Waals surface area contributed by atoms with E-state index in [9.17, 15) is 64.7 Å². The number of rotatable bonds is 7. The molecule has 52 heavy (non-hydrogen) atoms. The minimum atomic E-state index is -3.61. The Labute approximate surface area is 292 Å². The van der Waals surface area contributed by atoms with E-state index in [0.717, 1.165) is 20.1 Å². The van der Waals surface area contributed by atoms with E-state index in [-0.39, 0.29) is 0 Å². The quantitative estimate of drug-likeness (QED) is 0.140. The molecule has 4 aliphatic rings. The fourth-order valence-corrected chi connectivity index (χ4v) is 8.05. The summed E-state index contributed by atoms with van der Waals surface area (Å²) in [5.74, 6) is -9.76. The second kappa shape index (κ2) is 12.2. The predicted octanol–water partition coefficient (Wildman–Crippen LogP) is -0.430. The molecule has 0 aromatic heterocycles. The number of aromatic hydroxyl groups is 2. The molecule has 0 spiro atoms. The van der Waals surface area contributed by atoms with E-state index in [1.165, 1.54) is 14.2 Å². The summed E-state index contributed by atoms with van der Waals surface area (Å²) in [5.41, 5.74) is -15.1. The van der Waals surface area contributed by atoms with Gasteiger partial charge < -0.3 is 54.9 Å². The summed E-state index contributed by atoms with van der Waals surface area (Å²) < 4.78 is 21.8. The number of nitro benzene ring substituents is 1. The highest BCUT2D eigenvalue weighted by molar-refractivity contribution is 6.31. The number of carbonyl (C=O) groups is 5. The third-order valence-electron chi connectivity index (χ3n) is 10.4. The number of phenols is 2. The van der Waals surface area contributed by atoms with Crippen LogP contribution < -0.4 is 5.32 Å². The Morgan fingerprint density at radius 3 is 2.21 bits per heavy atom. The molecule has 6 rings (SSSR count). The van der Waals surface area contributed by atoms with Gasteiger partial charge in [0.05, 0.1) is 34.0 Å². The van der Waals surface area contributed by atoms with Gasteiger partial charge >= 0.3 is 5.97 Å². The predicted molar refractivity (Wildman–Crippen MR) is 168 cm³/mol. The molecule has 276 valence electrons. The van der Waals surface area contributed by atoms with Crippen LogP contribution in [0.2, 0.25) is 0 Å². The van der Waals surface area contributed by atoms with Crippen LogP contribution in [0.3, 0.4) is 0 Å². The molecule has 3 aliphatic carbocycles. The monoisotopic (exact) mass is 728 g/mol. The lowest BCUT2D eigenvalue weighted by atomic mass is 9.56. The summed E-state index contributed by atoms with van der Waals surface area (Å²) in [6.45, 7) is 2.55. The molecule has 19 nitrogen and oxygen atoms in total. The summed E-state index contributed by atoms with van der Waals surface area (Å²) in [4.78, 5) is 79.9. The van der Waals surface area contributed by atoms with Crippen LogP contribution in [-0.4, -0.2) is 128 Å². The van der Waals surface area contributed by atoms with E-state index in [0.29, 0.717) is 6.07 Å². The number of aromatic carboxylic acids is 1. The Morgan fingerprint density at radius 1 is 1.02 bits per heavy atom. The molecule has 3 unspecified atom stereocenters. The lowest BCUT2D eigenvalue weighted by molar-refractivity contribution is -0.386. The lowest BCUT2D eigenvalue weighted by Gasteiger charge is -2.52. The topological polar surface area (TPSA) is 299 Å². The van der Waals surface area contributed by atoms with Crippen LogP contribution >= 0.6 is 0 Å². The van der Waals surface area contributed by atoms with Crippen LogP contribution in [0.5, 0.6) is 11.5 Å². The number of carbonyl (C=O) groups excluding carboxylic acids is 4. The number of methoxy groups -OCH3 is 3. The molecular weight excluding hydrogens is 696 g/mol. The number of benzene rings is 2. The second-order valence-electron chi connectivity index (χ2n) is 12.8. The standard InChI is InChI=1S/C33H32N2O17/c1-9-17(31(44)45)24(40)20-13(21(9)35(47)48)7-16(37)33(51-5)29(43)19-12(28(42)32(20,33)46)6-11-18(23(19)39)15(36)8-14(22(11)38)34-30-27(50-4)25(41)26(49-3)10(2)52-30/h6,8,10,16,25-27,30,34,37,39-41,46H,7H2,1-5H3,(H,44,45)/t10-,16?,25+,26-,27+,30-,32?,33?/m0/s1. The molecule has 1 fully saturated rings. The number of aliphatic hydroxyl groups is 3. The summed E-state index contributed by atoms with van der Waals surface area (Å²) in [5, 5.41) is 82.2. The van der Waals surface area contributed by atoms with Crippen LogP contribution in [0.4, 0.5) is 5.69 Å². The zero-order valence-electron chi connectivity index (χ0n) is 27.9. The number of Topliss-reactive ketones (excluding diaryl/α,β-unsaturated/α-hetero) is 3. The van der Waals surface area contributed by atoms with E-state index >= 15 is 0 Å². The SMILES string of the molecule is CO[C@@H]1[C@@H](O)[C@@H](OC)[C@@H](NC2=CC(=O)c3c(cc4c(c3O)C(=O)C3(OC)C(O)Cc5c([N+](=O)[O-])c(C)c(C(=O)O)c(O)c5C3(O)C4=O)C2=O)O[C@H]1C. The number of ether oxygens (including phenoxy) is 4. The molecule has 2 aromatic carbocycles. The molecule has 0 radical (unpaired) electrons. The van der Waals surface area contributed by atoms with Gasteiger partial charge in [0.1, 0.15) is 35.4 Å². The van der Waals surface area contributed by atoms with Crippen molar-refractivity contribution < 1.29 is 78.5 Å². The van der Waals surface area contributed by atoms with Crippen LogP contribution in [0.1, 0.15) is 75.4 Å². The Morgan fingerprint density at radius 2 is 1.65 bits per heavy atom. The summed E-state index contributed by atoms with van der Waals surface area (Å²) in [7, 11) is 3.35. The maximum Gasteiger partial charge on any atom is 0.340 e. The fraction of sp³-hybridized carbons (Fsp3) is 0.424. The Kier molecular flexibility index (Phi) is 8.61. The van der Waals surface area contributed by atoms with Crippen molar-refractivity contribution in [2.24, 2.45) is 0 Å². The van der Waals surface area contributed by atoms with Crippen molar-refractivity contribution >= 4 is 34.8 Å². The van der Waals surface area contributed by atoms with Gasteiger partial charge in [0.2, 0.25) is 17.3 Å². The lowest BCUT2D eigenvalue weighted by Crippen LogP contribution is -2.73. The van der Waals surface area contributed by atoms with Crippen molar-refractivity contribution in [3.8, 4) is 11.5 Å². The van der Waals surface area contributed by atoms with Gasteiger partial charge in [-0.05, 0) is 19.9 Å². The number of nitro groups is 1. The van der Waals surface area contributed by atoms with Crippen LogP contribution in [0.15, 0.2) is 17.8 Å². The van der Waals surface area contributed by atoms with Crippen molar-refractivity contribution in [2.45, 2.75) is 68.2 Å². The van der Waals surface area contributed by atoms with Gasteiger partial charge in [-0.3, -0.25) is 29.3 Å². The molecule has 19 heteroatoms. The number of nitrogens with one attached hydrogen (secondary N) is 1. The number of nitrogens with zero attached hydrogens (tertiary/aromatic N) is 1. The third-order valence-corrected chi connectivity index (χ3v) is 10.4. The first-order valence-electron chi connectivity index (χ1n) is 15.5. The highest BCUT2D eigenvalue weighted by atomic mass is 16.6. The normalized spacial score (nSPS) is 30.9. The van der Waals surface area contributed by atoms with Crippen LogP contribution in [0, 0.1) is 17.0 Å². The van der Waals surface area contributed by atoms with Crippen LogP contribution in [-0.2, 0) is 31.0 Å². The van der Waals surface area contributed by atoms with Gasteiger partial charge in [-0.25, -0.2) is 4.79 Å². The molecule has 8 atom stereocenters. The highest BCUT2D eigenvalue weighted by Gasteiger charge is 2.73. The number of carboxylic acids is 1. The molecule has 2 aromatic rings. The average Bonchev–Trinajstić information content (AvgIpc) is 3.05. The molecule has 1 heterocycles. The Hall–Kier alpha value is -5.15. The van der Waals surface area contributed by atoms with Gasteiger partial charge in [-0.15, -0.1) is 0 Å². The molecule has 1 saturated heterocycles. The zero-order chi connectivity index (χ0) is 38.5. The largest absolute Gasteiger partial charge is 0.507 e. The summed E-state index contributed by atoms with van der Waals surface area (Å²) in [6, 6.07) is 0.698. The van der Waals surface area contributed by atoms with E-state index < -0.39 is 156 Å². The number of carboxylic acid groups (broad SMARTS) is 1. The maximum absolute atomic E-state index is 14.6. The smallest absolute Gasteiger partial charge is 0.340 e. The first-order chi connectivity index (χ1) is 24.4. The number of hydrogen-bond acceptors (Lipinski definition) is 17. The van der Waals surface area contributed by atoms with Crippen molar-refractivity contribution in [1.82, 2.24) is 5.32 Å². The Balaban J connectivity index is 1.55. The minimum Gasteiger partial charge on any atom is -0.507 e. The molecule has 0 saturated carbocycles. The Bertz CT molecular complexity index is 2060. The van der Waals surface area contributed by atoms with E-state index in [4.69, 9.17) is 18.9 Å². The number of fused-ring (bicyclic) bond motifs is 5. The third kappa shape index (κ3) is 4.47. The van der Waals surface area contributed by atoms with Gasteiger partial charge in [0, 0.05) is 61.6 Å². The van der Waals surface area contributed by atoms with Crippen molar-refractivity contribution in [2.75, 3.05) is 21.3 Å². The highest BCUT2D eigenvalue weighted by Crippen LogP contribution is 2.58. The molecule has 0 bridgehead atoms. The molecule has 7 N–H and O–H groups in total. The number of phenolic OH excluding ortho intramolecular Hbond substituents is 1. The van der Waals surface area contributed by atoms with E-state index in [2.05, 4.69) is 5.32 Å². The fourth-order valence-electron chi connectivity index (χ4n) is 8.05. The second-order valence-corrected chi connectivity index (χ2v) is 12.8. The van der Waals surface area contributed by atoms with Gasteiger partial charge in [-0.2, -0.15) is 0 Å². The number of aliphatic hydroxyl groups excluding tert-OH is 2. The molecule has 0 amide bonds. The summed E-state index contributed by atoms with van der Waals surface area (Å²) in [6.07, 6.45) is -7.74. The average molecular weight is 729 g/mol. The van der Waals surface area contributed by atoms with Gasteiger partial charge in [0.15, 0.2) is 23.2 Å². The van der Waals surface area contributed by atoms with E-state index in [1.807, 2.05) is 0 Å². The van der Waals surface area contributed by atoms with Crippen LogP contribution in [0.25, 0.3) is 0 Å². The number of allylic oxidation sites excluding steroid dienone is 2. The van der Waals surface area contributed by atoms with Crippen molar-refractivity contribution in [3.05, 3.63) is 72.5 Å². The van der Waals surface area contributed by atoms with Gasteiger partial charge in [-0.1, -0.05) is 0 Å².